The predicted octanol–water partition coefficient (Wildman–Crippen LogP) is 11.0. The Hall–Kier alpha value is -4.47. The molecule has 0 atom stereocenters. The van der Waals surface area contributed by atoms with E-state index in [4.69, 9.17) is 4.74 Å². The largest absolute Gasteiger partial charge is 0.429 e. The van der Waals surface area contributed by atoms with Crippen molar-refractivity contribution in [1.29, 1.82) is 0 Å². The molecule has 0 radical (unpaired) electrons. The molecule has 0 aliphatic heterocycles. The highest BCUT2D eigenvalue weighted by Crippen LogP contribution is 2.37. The van der Waals surface area contributed by atoms with E-state index in [1.165, 1.54) is 24.3 Å². The van der Waals surface area contributed by atoms with E-state index >= 15 is 0 Å². The summed E-state index contributed by atoms with van der Waals surface area (Å²) < 4.78 is 135. The van der Waals surface area contributed by atoms with Crippen LogP contribution >= 0.6 is 0 Å². The second kappa shape index (κ2) is 12.3. The van der Waals surface area contributed by atoms with Gasteiger partial charge in [0.1, 0.15) is 17.4 Å². The fraction of sp³-hybridized carbons (Fsp3) is 0.176. The van der Waals surface area contributed by atoms with Gasteiger partial charge < -0.3 is 4.74 Å². The highest BCUT2D eigenvalue weighted by molar-refractivity contribution is 5.88. The summed E-state index contributed by atoms with van der Waals surface area (Å²) in [4.78, 5) is 0. The fourth-order valence-electron chi connectivity index (χ4n) is 4.96. The Labute approximate surface area is 246 Å². The van der Waals surface area contributed by atoms with E-state index in [-0.39, 0.29) is 33.2 Å². The summed E-state index contributed by atoms with van der Waals surface area (Å²) in [5, 5.41) is -1.21. The molecule has 0 aliphatic carbocycles. The van der Waals surface area contributed by atoms with Crippen molar-refractivity contribution >= 4 is 10.8 Å². The molecular weight excluding hydrogens is 595 g/mol. The lowest BCUT2D eigenvalue weighted by Gasteiger charge is -2.19. The lowest BCUT2D eigenvalue weighted by molar-refractivity contribution is -0.185. The summed E-state index contributed by atoms with van der Waals surface area (Å²) in [6, 6.07) is 12.0. The molecule has 5 aromatic rings. The van der Waals surface area contributed by atoms with E-state index in [1.54, 1.807) is 0 Å². The third-order valence-electron chi connectivity index (χ3n) is 7.27. The van der Waals surface area contributed by atoms with Crippen molar-refractivity contribution in [3.8, 4) is 28.0 Å². The van der Waals surface area contributed by atoms with E-state index in [9.17, 15) is 39.5 Å². The highest BCUT2D eigenvalue weighted by Gasteiger charge is 2.35. The van der Waals surface area contributed by atoms with Crippen LogP contribution in [-0.2, 0) is 12.5 Å². The van der Waals surface area contributed by atoms with Gasteiger partial charge in [-0.05, 0) is 77.4 Å². The van der Waals surface area contributed by atoms with Crippen molar-refractivity contribution in [1.82, 2.24) is 0 Å². The van der Waals surface area contributed by atoms with Crippen LogP contribution in [0.4, 0.5) is 39.5 Å². The van der Waals surface area contributed by atoms with Crippen LogP contribution in [0.1, 0.15) is 37.3 Å². The van der Waals surface area contributed by atoms with Crippen LogP contribution in [0.2, 0.25) is 0 Å². The Morgan fingerprint density at radius 2 is 1.30 bits per heavy atom. The van der Waals surface area contributed by atoms with Gasteiger partial charge in [-0.15, -0.1) is 0 Å². The zero-order valence-electron chi connectivity index (χ0n) is 23.1. The molecule has 0 spiro atoms. The number of hydrogen-bond donors (Lipinski definition) is 0. The molecule has 0 fully saturated rings. The van der Waals surface area contributed by atoms with Crippen molar-refractivity contribution in [2.75, 3.05) is 0 Å². The Morgan fingerprint density at radius 3 is 1.98 bits per heavy atom. The third kappa shape index (κ3) is 5.98. The van der Waals surface area contributed by atoms with Gasteiger partial charge in [0, 0.05) is 17.2 Å². The number of aryl methyl sites for hydroxylation is 1. The standard InChI is InChI=1S/C34H23F9O/c1-2-3-4-5-19-8-12-25(31(39)30(19)38)18-6-9-22(10-7-18)34(42,43)44-23-11-13-24(26(35)17-23)20-14-21-16-28(37)32(40)33(41)29(21)27(36)15-20/h6-17H,2-5H2,1H3. The predicted molar refractivity (Wildman–Crippen MR) is 149 cm³/mol. The Bertz CT molecular complexity index is 1850. The molecule has 0 aromatic heterocycles. The van der Waals surface area contributed by atoms with Crippen LogP contribution in [0, 0.1) is 40.7 Å². The first kappa shape index (κ1) is 31.0. The summed E-state index contributed by atoms with van der Waals surface area (Å²) in [6.07, 6.45) is -1.10. The van der Waals surface area contributed by atoms with Crippen molar-refractivity contribution in [3.63, 3.8) is 0 Å². The van der Waals surface area contributed by atoms with Gasteiger partial charge in [0.05, 0.1) is 10.9 Å². The SMILES string of the molecule is CCCCCc1ccc(-c2ccc(C(F)(F)Oc3ccc(-c4cc(F)c5c(F)c(F)c(F)cc5c4)c(F)c3)cc2)c(F)c1F. The molecule has 0 saturated carbocycles. The Morgan fingerprint density at radius 1 is 0.591 bits per heavy atom. The van der Waals surface area contributed by atoms with Crippen molar-refractivity contribution in [3.05, 3.63) is 125 Å². The van der Waals surface area contributed by atoms with E-state index in [0.29, 0.717) is 31.0 Å². The van der Waals surface area contributed by atoms with Gasteiger partial charge in [-0.3, -0.25) is 0 Å². The van der Waals surface area contributed by atoms with Crippen LogP contribution in [0.3, 0.4) is 0 Å². The van der Waals surface area contributed by atoms with Crippen LogP contribution in [0.5, 0.6) is 5.75 Å². The molecule has 5 rings (SSSR count). The zero-order valence-corrected chi connectivity index (χ0v) is 23.1. The highest BCUT2D eigenvalue weighted by atomic mass is 19.3. The van der Waals surface area contributed by atoms with Crippen molar-refractivity contribution < 1.29 is 44.3 Å². The normalized spacial score (nSPS) is 11.8. The second-order valence-electron chi connectivity index (χ2n) is 10.2. The topological polar surface area (TPSA) is 9.23 Å². The molecule has 0 aliphatic rings. The van der Waals surface area contributed by atoms with Crippen LogP contribution < -0.4 is 4.74 Å². The van der Waals surface area contributed by atoms with Gasteiger partial charge >= 0.3 is 6.11 Å². The molecule has 0 bridgehead atoms. The quantitative estimate of drug-likeness (QED) is 0.0907. The summed E-state index contributed by atoms with van der Waals surface area (Å²) in [5.74, 6) is -10.2. The van der Waals surface area contributed by atoms with Gasteiger partial charge in [0.2, 0.25) is 0 Å². The summed E-state index contributed by atoms with van der Waals surface area (Å²) in [7, 11) is 0. The first-order chi connectivity index (χ1) is 20.9. The minimum absolute atomic E-state index is 0.101. The van der Waals surface area contributed by atoms with E-state index in [1.807, 2.05) is 6.92 Å². The number of benzene rings is 5. The Kier molecular flexibility index (Phi) is 8.63. The minimum atomic E-state index is -3.98. The molecule has 0 N–H and O–H groups in total. The van der Waals surface area contributed by atoms with Crippen LogP contribution in [0.15, 0.2) is 72.8 Å². The van der Waals surface area contributed by atoms with E-state index < -0.39 is 63.5 Å². The van der Waals surface area contributed by atoms with Crippen LogP contribution in [0.25, 0.3) is 33.0 Å². The lowest BCUT2D eigenvalue weighted by Crippen LogP contribution is -2.21. The molecule has 0 amide bonds. The number of alkyl halides is 2. The first-order valence-electron chi connectivity index (χ1n) is 13.6. The zero-order chi connectivity index (χ0) is 31.8. The number of fused-ring (bicyclic) bond motifs is 1. The van der Waals surface area contributed by atoms with Crippen molar-refractivity contribution in [2.45, 2.75) is 38.7 Å². The first-order valence-corrected chi connectivity index (χ1v) is 13.6. The average molecular weight is 619 g/mol. The molecule has 0 unspecified atom stereocenters. The maximum Gasteiger partial charge on any atom is 0.426 e. The summed E-state index contributed by atoms with van der Waals surface area (Å²) >= 11 is 0. The van der Waals surface area contributed by atoms with Gasteiger partial charge in [0.15, 0.2) is 29.1 Å². The molecule has 0 heterocycles. The lowest BCUT2D eigenvalue weighted by atomic mass is 9.99. The molecule has 0 saturated heterocycles. The van der Waals surface area contributed by atoms with Gasteiger partial charge in [-0.25, -0.2) is 30.7 Å². The molecule has 10 heteroatoms. The average Bonchev–Trinajstić information content (AvgIpc) is 2.98. The third-order valence-corrected chi connectivity index (χ3v) is 7.27. The maximum atomic E-state index is 15.0. The van der Waals surface area contributed by atoms with Crippen molar-refractivity contribution in [2.24, 2.45) is 0 Å². The number of halogens is 9. The van der Waals surface area contributed by atoms with Crippen LogP contribution in [-0.4, -0.2) is 0 Å². The number of unbranched alkanes of at least 4 members (excludes halogenated alkanes) is 2. The van der Waals surface area contributed by atoms with Gasteiger partial charge in [-0.1, -0.05) is 44.0 Å². The van der Waals surface area contributed by atoms with E-state index in [0.717, 1.165) is 43.2 Å². The molecule has 1 nitrogen and oxygen atoms in total. The van der Waals surface area contributed by atoms with Gasteiger partial charge in [0.25, 0.3) is 0 Å². The monoisotopic (exact) mass is 618 g/mol. The maximum absolute atomic E-state index is 15.0. The summed E-state index contributed by atoms with van der Waals surface area (Å²) in [5.41, 5.74) is -0.863. The van der Waals surface area contributed by atoms with Gasteiger partial charge in [-0.2, -0.15) is 8.78 Å². The molecule has 44 heavy (non-hydrogen) atoms. The molecular formula is C34H23F9O. The molecule has 228 valence electrons. The second-order valence-corrected chi connectivity index (χ2v) is 10.2. The number of ether oxygens (including phenoxy) is 1. The Balaban J connectivity index is 1.36. The number of hydrogen-bond acceptors (Lipinski definition) is 1. The summed E-state index contributed by atoms with van der Waals surface area (Å²) in [6.45, 7) is 1.99. The van der Waals surface area contributed by atoms with E-state index in [2.05, 4.69) is 0 Å². The number of rotatable bonds is 9. The molecule has 5 aromatic carbocycles. The fourth-order valence-corrected chi connectivity index (χ4v) is 4.96. The minimum Gasteiger partial charge on any atom is -0.429 e. The smallest absolute Gasteiger partial charge is 0.426 e.